The minimum absolute atomic E-state index is 0.0308. The number of hydrogen-bond acceptors (Lipinski definition) is 3. The molecule has 1 fully saturated rings. The monoisotopic (exact) mass is 342 g/mol. The molecule has 126 valence electrons. The zero-order chi connectivity index (χ0) is 17.1. The maximum atomic E-state index is 12.9. The molecule has 0 radical (unpaired) electrons. The lowest BCUT2D eigenvalue weighted by Crippen LogP contribution is -2.32. The zero-order valence-electron chi connectivity index (χ0n) is 14.0. The van der Waals surface area contributed by atoms with Gasteiger partial charge in [0, 0.05) is 40.7 Å². The number of aromatic nitrogens is 1. The van der Waals surface area contributed by atoms with E-state index in [0.29, 0.717) is 18.2 Å². The molecule has 2 aromatic rings. The Morgan fingerprint density at radius 2 is 1.96 bits per heavy atom. The number of amides is 1. The van der Waals surface area contributed by atoms with Gasteiger partial charge in [0.25, 0.3) is 5.91 Å². The number of rotatable bonds is 6. The highest BCUT2D eigenvalue weighted by Crippen LogP contribution is 2.30. The molecule has 1 saturated carbocycles. The molecular weight excluding hydrogens is 320 g/mol. The van der Waals surface area contributed by atoms with E-state index in [1.807, 2.05) is 30.9 Å². The van der Waals surface area contributed by atoms with Crippen LogP contribution < -0.4 is 0 Å². The molecule has 1 aromatic heterocycles. The molecule has 1 heterocycles. The summed E-state index contributed by atoms with van der Waals surface area (Å²) in [5.74, 6) is 0.0308. The van der Waals surface area contributed by atoms with E-state index in [0.717, 1.165) is 23.3 Å². The molecule has 0 spiro atoms. The average Bonchev–Trinajstić information content (AvgIpc) is 3.44. The van der Waals surface area contributed by atoms with Crippen LogP contribution in [0.2, 0.25) is 0 Å². The second-order valence-corrected chi connectivity index (χ2v) is 8.41. The number of pyridine rings is 1. The van der Waals surface area contributed by atoms with Crippen molar-refractivity contribution in [1.82, 2.24) is 9.88 Å². The maximum Gasteiger partial charge on any atom is 0.254 e. The fourth-order valence-corrected chi connectivity index (χ4v) is 3.56. The number of carbonyl (C=O) groups excluding carboxylic acids is 1. The third kappa shape index (κ3) is 3.90. The van der Waals surface area contributed by atoms with E-state index >= 15 is 0 Å². The van der Waals surface area contributed by atoms with Crippen LogP contribution in [-0.2, 0) is 17.3 Å². The fraction of sp³-hybridized carbons (Fsp3) is 0.368. The van der Waals surface area contributed by atoms with Gasteiger partial charge in [0.1, 0.15) is 0 Å². The third-order valence-corrected chi connectivity index (χ3v) is 5.68. The smallest absolute Gasteiger partial charge is 0.254 e. The molecule has 0 aliphatic heterocycles. The summed E-state index contributed by atoms with van der Waals surface area (Å²) in [6.07, 6.45) is 5.65. The van der Waals surface area contributed by atoms with Gasteiger partial charge in [0.2, 0.25) is 0 Å². The van der Waals surface area contributed by atoms with E-state index in [1.54, 1.807) is 36.7 Å². The van der Waals surface area contributed by atoms with Crippen LogP contribution in [0.1, 0.15) is 42.6 Å². The summed E-state index contributed by atoms with van der Waals surface area (Å²) in [7, 11) is -1.03. The summed E-state index contributed by atoms with van der Waals surface area (Å²) < 4.78 is 12.1. The first-order chi connectivity index (χ1) is 11.6. The van der Waals surface area contributed by atoms with Gasteiger partial charge in [-0.2, -0.15) is 0 Å². The highest BCUT2D eigenvalue weighted by molar-refractivity contribution is 7.85. The van der Waals surface area contributed by atoms with Crippen molar-refractivity contribution in [3.8, 4) is 0 Å². The van der Waals surface area contributed by atoms with Gasteiger partial charge in [0.15, 0.2) is 0 Å². The predicted octanol–water partition coefficient (Wildman–Crippen LogP) is 3.40. The Bertz CT molecular complexity index is 725. The molecule has 1 atom stereocenters. The van der Waals surface area contributed by atoms with Crippen molar-refractivity contribution < 1.29 is 9.00 Å². The Morgan fingerprint density at radius 3 is 2.50 bits per heavy atom. The highest BCUT2D eigenvalue weighted by atomic mass is 32.2. The first-order valence-corrected chi connectivity index (χ1v) is 9.48. The first kappa shape index (κ1) is 16.8. The van der Waals surface area contributed by atoms with Gasteiger partial charge in [-0.3, -0.25) is 14.0 Å². The van der Waals surface area contributed by atoms with Gasteiger partial charge in [-0.1, -0.05) is 19.9 Å². The largest absolute Gasteiger partial charge is 0.331 e. The Morgan fingerprint density at radius 1 is 1.25 bits per heavy atom. The van der Waals surface area contributed by atoms with Crippen molar-refractivity contribution in [2.45, 2.75) is 49.4 Å². The SMILES string of the molecule is CC(C)S(=O)c1ccc(C(=O)N(Cc2cccnc2)C2CC2)cc1. The fourth-order valence-electron chi connectivity index (χ4n) is 2.61. The number of benzene rings is 1. The molecule has 4 nitrogen and oxygen atoms in total. The minimum Gasteiger partial charge on any atom is -0.331 e. The summed E-state index contributed by atoms with van der Waals surface area (Å²) >= 11 is 0. The number of carbonyl (C=O) groups is 1. The van der Waals surface area contributed by atoms with Crippen molar-refractivity contribution in [1.29, 1.82) is 0 Å². The van der Waals surface area contributed by atoms with Crippen LogP contribution in [-0.4, -0.2) is 31.3 Å². The summed E-state index contributed by atoms with van der Waals surface area (Å²) in [4.78, 5) is 19.7. The average molecular weight is 342 g/mol. The van der Waals surface area contributed by atoms with Crippen LogP contribution in [0.15, 0.2) is 53.7 Å². The Balaban J connectivity index is 1.77. The molecule has 1 aliphatic rings. The van der Waals surface area contributed by atoms with Gasteiger partial charge in [-0.15, -0.1) is 0 Å². The summed E-state index contributed by atoms with van der Waals surface area (Å²) in [6.45, 7) is 4.44. The van der Waals surface area contributed by atoms with E-state index < -0.39 is 10.8 Å². The molecule has 1 aliphatic carbocycles. The predicted molar refractivity (Wildman–Crippen MR) is 95.1 cm³/mol. The topological polar surface area (TPSA) is 50.3 Å². The number of nitrogens with zero attached hydrogens (tertiary/aromatic N) is 2. The van der Waals surface area contributed by atoms with Crippen molar-refractivity contribution in [2.75, 3.05) is 0 Å². The van der Waals surface area contributed by atoms with Crippen molar-refractivity contribution in [3.63, 3.8) is 0 Å². The second kappa shape index (κ2) is 7.26. The summed E-state index contributed by atoms with van der Waals surface area (Å²) in [6, 6.07) is 11.4. The lowest BCUT2D eigenvalue weighted by Gasteiger charge is -2.22. The summed E-state index contributed by atoms with van der Waals surface area (Å²) in [5.41, 5.74) is 1.69. The van der Waals surface area contributed by atoms with E-state index in [-0.39, 0.29) is 11.2 Å². The molecule has 1 aromatic carbocycles. The molecule has 0 N–H and O–H groups in total. The zero-order valence-corrected chi connectivity index (χ0v) is 14.8. The van der Waals surface area contributed by atoms with E-state index in [1.165, 1.54) is 0 Å². The molecule has 1 amide bonds. The van der Waals surface area contributed by atoms with Crippen molar-refractivity contribution in [2.24, 2.45) is 0 Å². The minimum atomic E-state index is -1.03. The highest BCUT2D eigenvalue weighted by Gasteiger charge is 2.33. The van der Waals surface area contributed by atoms with Crippen LogP contribution in [0, 0.1) is 0 Å². The molecule has 24 heavy (non-hydrogen) atoms. The second-order valence-electron chi connectivity index (χ2n) is 6.40. The Hall–Kier alpha value is -2.01. The van der Waals surface area contributed by atoms with E-state index in [9.17, 15) is 9.00 Å². The Labute approximate surface area is 145 Å². The van der Waals surface area contributed by atoms with E-state index in [4.69, 9.17) is 0 Å². The standard InChI is InChI=1S/C19H22N2O2S/c1-14(2)24(23)18-9-5-16(6-10-18)19(22)21(17-7-8-17)13-15-4-3-11-20-12-15/h3-6,9-12,14,17H,7-8,13H2,1-2H3. The van der Waals surface area contributed by atoms with Crippen LogP contribution in [0.5, 0.6) is 0 Å². The number of hydrogen-bond donors (Lipinski definition) is 0. The normalized spacial score (nSPS) is 15.3. The van der Waals surface area contributed by atoms with E-state index in [2.05, 4.69) is 4.98 Å². The van der Waals surface area contributed by atoms with Crippen LogP contribution in [0.4, 0.5) is 0 Å². The first-order valence-electron chi connectivity index (χ1n) is 8.27. The van der Waals surface area contributed by atoms with Gasteiger partial charge in [-0.25, -0.2) is 0 Å². The van der Waals surface area contributed by atoms with Crippen molar-refractivity contribution >= 4 is 16.7 Å². The van der Waals surface area contributed by atoms with Crippen molar-refractivity contribution in [3.05, 3.63) is 59.9 Å². The molecule has 0 bridgehead atoms. The van der Waals surface area contributed by atoms with Crippen LogP contribution in [0.3, 0.4) is 0 Å². The van der Waals surface area contributed by atoms with Gasteiger partial charge in [0.05, 0.1) is 10.8 Å². The molecular formula is C19H22N2O2S. The molecule has 3 rings (SSSR count). The third-order valence-electron chi connectivity index (χ3n) is 4.09. The molecule has 1 unspecified atom stereocenters. The summed E-state index contributed by atoms with van der Waals surface area (Å²) in [5, 5.41) is 0.0695. The quantitative estimate of drug-likeness (QED) is 0.808. The lowest BCUT2D eigenvalue weighted by molar-refractivity contribution is 0.0729. The van der Waals surface area contributed by atoms with Gasteiger partial charge in [-0.05, 0) is 48.7 Å². The Kier molecular flexibility index (Phi) is 5.09. The van der Waals surface area contributed by atoms with Gasteiger partial charge < -0.3 is 4.90 Å². The maximum absolute atomic E-state index is 12.9. The van der Waals surface area contributed by atoms with Gasteiger partial charge >= 0.3 is 0 Å². The lowest BCUT2D eigenvalue weighted by atomic mass is 10.1. The molecule has 5 heteroatoms. The van der Waals surface area contributed by atoms with Crippen LogP contribution >= 0.6 is 0 Å². The molecule has 0 saturated heterocycles. The van der Waals surface area contributed by atoms with Crippen LogP contribution in [0.25, 0.3) is 0 Å².